The van der Waals surface area contributed by atoms with Crippen LogP contribution in [-0.4, -0.2) is 53.1 Å². The lowest BCUT2D eigenvalue weighted by molar-refractivity contribution is -0.161. The molecule has 136 valence electrons. The van der Waals surface area contributed by atoms with E-state index in [0.29, 0.717) is 19.0 Å². The Hall–Kier alpha value is -1.90. The van der Waals surface area contributed by atoms with Gasteiger partial charge in [0.15, 0.2) is 0 Å². The topological polar surface area (TPSA) is 49.3 Å². The Balaban J connectivity index is 1.73. The number of halogens is 3. The number of piperazine rings is 1. The summed E-state index contributed by atoms with van der Waals surface area (Å²) in [5.74, 6) is 0.317. The van der Waals surface area contributed by atoms with Gasteiger partial charge in [-0.25, -0.2) is 9.97 Å². The number of fused-ring (bicyclic) bond motifs is 1. The second-order valence-corrected chi connectivity index (χ2v) is 7.44. The first-order chi connectivity index (χ1) is 11.7. The summed E-state index contributed by atoms with van der Waals surface area (Å²) >= 11 is 1.63. The van der Waals surface area contributed by atoms with Crippen LogP contribution in [0.1, 0.15) is 31.1 Å². The van der Waals surface area contributed by atoms with Crippen LogP contribution in [0, 0.1) is 0 Å². The van der Waals surface area contributed by atoms with E-state index >= 15 is 0 Å². The average molecular weight is 372 g/mol. The summed E-state index contributed by atoms with van der Waals surface area (Å²) in [5, 5.41) is 0.964. The number of aromatic nitrogens is 2. The van der Waals surface area contributed by atoms with Crippen LogP contribution in [0.5, 0.6) is 0 Å². The third-order valence-electron chi connectivity index (χ3n) is 4.18. The maximum absolute atomic E-state index is 12.4. The maximum Gasteiger partial charge on any atom is 0.397 e. The minimum Gasteiger partial charge on any atom is -0.352 e. The van der Waals surface area contributed by atoms with E-state index < -0.39 is 18.5 Å². The average Bonchev–Trinajstić information content (AvgIpc) is 2.98. The number of rotatable bonds is 3. The lowest BCUT2D eigenvalue weighted by atomic mass is 10.1. The molecule has 0 aromatic carbocycles. The molecular weight excluding hydrogens is 353 g/mol. The van der Waals surface area contributed by atoms with Crippen molar-refractivity contribution in [3.8, 4) is 0 Å². The summed E-state index contributed by atoms with van der Waals surface area (Å²) in [4.78, 5) is 25.8. The van der Waals surface area contributed by atoms with Gasteiger partial charge in [-0.1, -0.05) is 13.8 Å². The maximum atomic E-state index is 12.4. The first kappa shape index (κ1) is 17.9. The Morgan fingerprint density at radius 3 is 2.52 bits per heavy atom. The zero-order chi connectivity index (χ0) is 18.2. The Labute approximate surface area is 147 Å². The van der Waals surface area contributed by atoms with Crippen molar-refractivity contribution >= 4 is 33.3 Å². The van der Waals surface area contributed by atoms with E-state index in [1.807, 2.05) is 4.90 Å². The van der Waals surface area contributed by atoms with E-state index in [0.717, 1.165) is 16.0 Å². The predicted octanol–water partition coefficient (Wildman–Crippen LogP) is 3.42. The third-order valence-corrected chi connectivity index (χ3v) is 5.52. The lowest BCUT2D eigenvalue weighted by Crippen LogP contribution is -2.49. The number of thiophene rings is 1. The van der Waals surface area contributed by atoms with Gasteiger partial charge in [0.1, 0.15) is 23.4 Å². The number of nitrogens with zero attached hydrogens (tertiary/aromatic N) is 4. The van der Waals surface area contributed by atoms with Crippen molar-refractivity contribution in [1.82, 2.24) is 14.9 Å². The fraction of sp³-hybridized carbons (Fsp3) is 0.562. The van der Waals surface area contributed by atoms with Crippen molar-refractivity contribution in [3.05, 3.63) is 17.3 Å². The highest BCUT2D eigenvalue weighted by atomic mass is 32.1. The minimum absolute atomic E-state index is 0.265. The molecule has 0 N–H and O–H groups in total. The molecule has 3 rings (SSSR count). The molecule has 1 amide bonds. The Morgan fingerprint density at radius 2 is 1.92 bits per heavy atom. The first-order valence-electron chi connectivity index (χ1n) is 8.08. The molecule has 0 atom stereocenters. The molecule has 9 heteroatoms. The monoisotopic (exact) mass is 372 g/mol. The number of carbonyl (C=O) groups excluding carboxylic acids is 1. The van der Waals surface area contributed by atoms with Crippen LogP contribution in [0.25, 0.3) is 10.2 Å². The summed E-state index contributed by atoms with van der Waals surface area (Å²) < 4.78 is 37.1. The van der Waals surface area contributed by atoms with Gasteiger partial charge in [0.2, 0.25) is 5.91 Å². The molecule has 1 aliphatic heterocycles. The SMILES string of the molecule is CC(C)c1cc2c(N3CCN(C(=O)CC(F)(F)F)CC3)ncnc2s1. The van der Waals surface area contributed by atoms with Crippen LogP contribution in [0.4, 0.5) is 19.0 Å². The normalized spacial score (nSPS) is 16.1. The smallest absolute Gasteiger partial charge is 0.352 e. The Bertz CT molecular complexity index is 766. The van der Waals surface area contributed by atoms with Gasteiger partial charge in [0.25, 0.3) is 0 Å². The van der Waals surface area contributed by atoms with Gasteiger partial charge in [-0.15, -0.1) is 11.3 Å². The third kappa shape index (κ3) is 4.02. The van der Waals surface area contributed by atoms with Crippen molar-refractivity contribution in [2.45, 2.75) is 32.4 Å². The summed E-state index contributed by atoms with van der Waals surface area (Å²) in [6, 6.07) is 2.08. The molecule has 0 aliphatic carbocycles. The van der Waals surface area contributed by atoms with Gasteiger partial charge in [0, 0.05) is 31.1 Å². The van der Waals surface area contributed by atoms with Crippen molar-refractivity contribution in [2.24, 2.45) is 0 Å². The highest BCUT2D eigenvalue weighted by molar-refractivity contribution is 7.18. The van der Waals surface area contributed by atoms with Crippen LogP contribution < -0.4 is 4.90 Å². The molecule has 1 saturated heterocycles. The van der Waals surface area contributed by atoms with Gasteiger partial charge in [-0.05, 0) is 12.0 Å². The fourth-order valence-electron chi connectivity index (χ4n) is 2.85. The van der Waals surface area contributed by atoms with Gasteiger partial charge in [0.05, 0.1) is 5.39 Å². The Morgan fingerprint density at radius 1 is 1.24 bits per heavy atom. The van der Waals surface area contributed by atoms with Crippen LogP contribution in [0.15, 0.2) is 12.4 Å². The predicted molar refractivity (Wildman–Crippen MR) is 91.0 cm³/mol. The second-order valence-electron chi connectivity index (χ2n) is 6.38. The van der Waals surface area contributed by atoms with Gasteiger partial charge >= 0.3 is 6.18 Å². The molecular formula is C16H19F3N4OS. The van der Waals surface area contributed by atoms with E-state index in [1.165, 1.54) is 16.1 Å². The number of amides is 1. The van der Waals surface area contributed by atoms with E-state index in [-0.39, 0.29) is 13.1 Å². The molecule has 5 nitrogen and oxygen atoms in total. The number of hydrogen-bond donors (Lipinski definition) is 0. The molecule has 25 heavy (non-hydrogen) atoms. The number of carbonyl (C=O) groups is 1. The van der Waals surface area contributed by atoms with Crippen molar-refractivity contribution in [2.75, 3.05) is 31.1 Å². The summed E-state index contributed by atoms with van der Waals surface area (Å²) in [7, 11) is 0. The highest BCUT2D eigenvalue weighted by Gasteiger charge is 2.34. The van der Waals surface area contributed by atoms with E-state index in [4.69, 9.17) is 0 Å². The minimum atomic E-state index is -4.46. The van der Waals surface area contributed by atoms with Crippen LogP contribution >= 0.6 is 11.3 Å². The molecule has 0 bridgehead atoms. The standard InChI is InChI=1S/C16H19F3N4OS/c1-10(2)12-7-11-14(20-9-21-15(11)25-12)23-5-3-22(4-6-23)13(24)8-16(17,18)19/h7,9-10H,3-6,8H2,1-2H3. The van der Waals surface area contributed by atoms with Crippen LogP contribution in [0.3, 0.4) is 0 Å². The van der Waals surface area contributed by atoms with Crippen molar-refractivity contribution in [1.29, 1.82) is 0 Å². The quantitative estimate of drug-likeness (QED) is 0.828. The fourth-order valence-corrected chi connectivity index (χ4v) is 3.84. The van der Waals surface area contributed by atoms with Crippen LogP contribution in [-0.2, 0) is 4.79 Å². The van der Waals surface area contributed by atoms with Gasteiger partial charge in [-0.3, -0.25) is 4.79 Å². The summed E-state index contributed by atoms with van der Waals surface area (Å²) in [6.07, 6.45) is -4.34. The van der Waals surface area contributed by atoms with E-state index in [2.05, 4.69) is 29.9 Å². The van der Waals surface area contributed by atoms with Crippen molar-refractivity contribution in [3.63, 3.8) is 0 Å². The molecule has 0 saturated carbocycles. The molecule has 1 fully saturated rings. The Kier molecular flexibility index (Phi) is 4.86. The number of alkyl halides is 3. The summed E-state index contributed by atoms with van der Waals surface area (Å²) in [6.45, 7) is 5.68. The first-order valence-corrected chi connectivity index (χ1v) is 8.90. The lowest BCUT2D eigenvalue weighted by Gasteiger charge is -2.35. The van der Waals surface area contributed by atoms with E-state index in [9.17, 15) is 18.0 Å². The molecule has 2 aromatic rings. The highest BCUT2D eigenvalue weighted by Crippen LogP contribution is 2.34. The molecule has 0 radical (unpaired) electrons. The molecule has 0 spiro atoms. The van der Waals surface area contributed by atoms with E-state index in [1.54, 1.807) is 11.3 Å². The molecule has 1 aliphatic rings. The zero-order valence-corrected chi connectivity index (χ0v) is 14.8. The zero-order valence-electron chi connectivity index (χ0n) is 14.0. The largest absolute Gasteiger partial charge is 0.397 e. The molecule has 0 unspecified atom stereocenters. The molecule has 3 heterocycles. The van der Waals surface area contributed by atoms with Gasteiger partial charge in [-0.2, -0.15) is 13.2 Å². The van der Waals surface area contributed by atoms with Gasteiger partial charge < -0.3 is 9.80 Å². The number of hydrogen-bond acceptors (Lipinski definition) is 5. The van der Waals surface area contributed by atoms with Crippen LogP contribution in [0.2, 0.25) is 0 Å². The summed E-state index contributed by atoms with van der Waals surface area (Å²) in [5.41, 5.74) is 0. The second kappa shape index (κ2) is 6.78. The molecule has 2 aromatic heterocycles. The number of anilines is 1. The van der Waals surface area contributed by atoms with Crippen molar-refractivity contribution < 1.29 is 18.0 Å².